The second kappa shape index (κ2) is 10.9. The molecule has 0 saturated carbocycles. The standard InChI is InChI=1S/C28H25N3O3S/c1-19-8-6-7-11-21(19)16-25-27(33)31(22-12-14-23(34-2)15-13-22)28(35-25)24(17-29)26(32)30-18-20-9-4-3-5-10-20/h3-15,25H,16,18H2,1-2H3,(H,30,32)/b28-24-. The van der Waals surface area contributed by atoms with Crippen LogP contribution in [0.2, 0.25) is 0 Å². The second-order valence-corrected chi connectivity index (χ2v) is 9.26. The normalized spacial score (nSPS) is 16.5. The molecule has 1 saturated heterocycles. The number of nitriles is 1. The van der Waals surface area contributed by atoms with E-state index in [0.717, 1.165) is 16.7 Å². The summed E-state index contributed by atoms with van der Waals surface area (Å²) in [5, 5.41) is 12.7. The van der Waals surface area contributed by atoms with E-state index in [1.165, 1.54) is 16.7 Å². The van der Waals surface area contributed by atoms with Gasteiger partial charge in [0.1, 0.15) is 22.4 Å². The van der Waals surface area contributed by atoms with Crippen molar-refractivity contribution >= 4 is 29.3 Å². The third kappa shape index (κ3) is 5.39. The predicted molar refractivity (Wildman–Crippen MR) is 138 cm³/mol. The smallest absolute Gasteiger partial charge is 0.264 e. The lowest BCUT2D eigenvalue weighted by molar-refractivity contribution is -0.117. The Kier molecular flexibility index (Phi) is 7.54. The quantitative estimate of drug-likeness (QED) is 0.388. The van der Waals surface area contributed by atoms with Gasteiger partial charge in [-0.1, -0.05) is 66.4 Å². The van der Waals surface area contributed by atoms with E-state index < -0.39 is 11.2 Å². The minimum atomic E-state index is -0.512. The molecule has 0 spiro atoms. The number of rotatable bonds is 7. The second-order valence-electron chi connectivity index (χ2n) is 8.07. The first-order valence-electron chi connectivity index (χ1n) is 11.2. The molecular weight excluding hydrogens is 458 g/mol. The van der Waals surface area contributed by atoms with Crippen LogP contribution in [0.4, 0.5) is 5.69 Å². The Labute approximate surface area is 209 Å². The van der Waals surface area contributed by atoms with Crippen LogP contribution in [0.15, 0.2) is 89.5 Å². The first kappa shape index (κ1) is 24.1. The summed E-state index contributed by atoms with van der Waals surface area (Å²) in [5.74, 6) is -0.0279. The average Bonchev–Trinajstić information content (AvgIpc) is 3.20. The van der Waals surface area contributed by atoms with Crippen LogP contribution in [0.5, 0.6) is 5.75 Å². The van der Waals surface area contributed by atoms with Crippen molar-refractivity contribution in [2.75, 3.05) is 12.0 Å². The number of anilines is 1. The molecule has 3 aromatic rings. The van der Waals surface area contributed by atoms with E-state index >= 15 is 0 Å². The lowest BCUT2D eigenvalue weighted by Crippen LogP contribution is -2.32. The van der Waals surface area contributed by atoms with Crippen molar-refractivity contribution < 1.29 is 14.3 Å². The number of methoxy groups -OCH3 is 1. The van der Waals surface area contributed by atoms with Gasteiger partial charge in [0.05, 0.1) is 12.4 Å². The molecule has 1 aliphatic rings. The minimum Gasteiger partial charge on any atom is -0.497 e. The number of benzene rings is 3. The van der Waals surface area contributed by atoms with Crippen LogP contribution in [-0.4, -0.2) is 24.2 Å². The maximum absolute atomic E-state index is 13.6. The van der Waals surface area contributed by atoms with Gasteiger partial charge < -0.3 is 10.1 Å². The van der Waals surface area contributed by atoms with Gasteiger partial charge in [-0.15, -0.1) is 0 Å². The number of hydrogen-bond acceptors (Lipinski definition) is 5. The average molecular weight is 484 g/mol. The maximum Gasteiger partial charge on any atom is 0.264 e. The zero-order valence-corrected chi connectivity index (χ0v) is 20.3. The molecule has 35 heavy (non-hydrogen) atoms. The molecule has 1 N–H and O–H groups in total. The zero-order chi connectivity index (χ0) is 24.8. The van der Waals surface area contributed by atoms with Crippen molar-refractivity contribution in [1.82, 2.24) is 5.32 Å². The molecule has 1 heterocycles. The first-order chi connectivity index (χ1) is 17.0. The summed E-state index contributed by atoms with van der Waals surface area (Å²) in [5.41, 5.74) is 3.57. The van der Waals surface area contributed by atoms with Gasteiger partial charge in [-0.25, -0.2) is 0 Å². The molecule has 4 rings (SSSR count). The van der Waals surface area contributed by atoms with Gasteiger partial charge in [-0.3, -0.25) is 14.5 Å². The van der Waals surface area contributed by atoms with Crippen LogP contribution >= 0.6 is 11.8 Å². The van der Waals surface area contributed by atoms with Gasteiger partial charge in [0.25, 0.3) is 5.91 Å². The van der Waals surface area contributed by atoms with Gasteiger partial charge in [0, 0.05) is 12.2 Å². The molecule has 0 aromatic heterocycles. The summed E-state index contributed by atoms with van der Waals surface area (Å²) >= 11 is 1.26. The Morgan fingerprint density at radius 2 is 1.74 bits per heavy atom. The number of amides is 2. The predicted octanol–water partition coefficient (Wildman–Crippen LogP) is 4.75. The number of hydrogen-bond donors (Lipinski definition) is 1. The van der Waals surface area contributed by atoms with Crippen LogP contribution in [0, 0.1) is 18.3 Å². The van der Waals surface area contributed by atoms with Crippen LogP contribution in [0.1, 0.15) is 16.7 Å². The topological polar surface area (TPSA) is 82.4 Å². The SMILES string of the molecule is COc1ccc(N2C(=O)C(Cc3ccccc3C)S/C2=C(/C#N)C(=O)NCc2ccccc2)cc1. The molecule has 1 fully saturated rings. The Morgan fingerprint density at radius 1 is 1.06 bits per heavy atom. The van der Waals surface area contributed by atoms with Crippen molar-refractivity contribution in [3.05, 3.63) is 106 Å². The maximum atomic E-state index is 13.6. The van der Waals surface area contributed by atoms with Gasteiger partial charge >= 0.3 is 0 Å². The van der Waals surface area contributed by atoms with Gasteiger partial charge in [-0.05, 0) is 54.3 Å². The fourth-order valence-corrected chi connectivity index (χ4v) is 5.15. The number of carbonyl (C=O) groups excluding carboxylic acids is 2. The summed E-state index contributed by atoms with van der Waals surface area (Å²) in [6, 6.07) is 26.4. The highest BCUT2D eigenvalue weighted by Crippen LogP contribution is 2.42. The minimum absolute atomic E-state index is 0.0811. The van der Waals surface area contributed by atoms with Crippen molar-refractivity contribution in [3.63, 3.8) is 0 Å². The van der Waals surface area contributed by atoms with E-state index in [9.17, 15) is 14.9 Å². The van der Waals surface area contributed by atoms with Crippen molar-refractivity contribution in [3.8, 4) is 11.8 Å². The molecule has 3 aromatic carbocycles. The molecule has 1 unspecified atom stereocenters. The summed E-state index contributed by atoms with van der Waals surface area (Å²) in [4.78, 5) is 28.2. The Bertz CT molecular complexity index is 1300. The van der Waals surface area contributed by atoms with E-state index in [0.29, 0.717) is 22.9 Å². The highest BCUT2D eigenvalue weighted by atomic mass is 32.2. The highest BCUT2D eigenvalue weighted by molar-refractivity contribution is 8.05. The fraction of sp³-hybridized carbons (Fsp3) is 0.179. The number of nitrogens with zero attached hydrogens (tertiary/aromatic N) is 2. The molecule has 1 aliphatic heterocycles. The van der Waals surface area contributed by atoms with Crippen molar-refractivity contribution in [1.29, 1.82) is 5.26 Å². The van der Waals surface area contributed by atoms with Gasteiger partial charge in [0.2, 0.25) is 5.91 Å². The van der Waals surface area contributed by atoms with Crippen LogP contribution in [0.25, 0.3) is 0 Å². The number of carbonyl (C=O) groups is 2. The number of aryl methyl sites for hydroxylation is 1. The fourth-order valence-electron chi connectivity index (χ4n) is 3.86. The zero-order valence-electron chi connectivity index (χ0n) is 19.5. The Hall–Kier alpha value is -4.02. The molecule has 0 aliphatic carbocycles. The number of ether oxygens (including phenoxy) is 1. The van der Waals surface area contributed by atoms with Gasteiger partial charge in [-0.2, -0.15) is 5.26 Å². The lowest BCUT2D eigenvalue weighted by atomic mass is 10.0. The Morgan fingerprint density at radius 3 is 2.40 bits per heavy atom. The molecule has 0 bridgehead atoms. The van der Waals surface area contributed by atoms with E-state index in [4.69, 9.17) is 4.74 Å². The van der Waals surface area contributed by atoms with Crippen LogP contribution in [-0.2, 0) is 22.6 Å². The molecule has 7 heteroatoms. The van der Waals surface area contributed by atoms with E-state index in [1.54, 1.807) is 31.4 Å². The van der Waals surface area contributed by atoms with Crippen molar-refractivity contribution in [2.24, 2.45) is 0 Å². The largest absolute Gasteiger partial charge is 0.497 e. The molecule has 0 radical (unpaired) electrons. The van der Waals surface area contributed by atoms with E-state index in [2.05, 4.69) is 5.32 Å². The first-order valence-corrected chi connectivity index (χ1v) is 12.1. The summed E-state index contributed by atoms with van der Waals surface area (Å²) in [7, 11) is 1.57. The summed E-state index contributed by atoms with van der Waals surface area (Å²) in [6.45, 7) is 2.29. The van der Waals surface area contributed by atoms with Gasteiger partial charge in [0.15, 0.2) is 0 Å². The third-order valence-electron chi connectivity index (χ3n) is 5.80. The Balaban J connectivity index is 1.68. The van der Waals surface area contributed by atoms with Crippen LogP contribution in [0.3, 0.4) is 0 Å². The molecule has 2 amide bonds. The molecule has 1 atom stereocenters. The highest BCUT2D eigenvalue weighted by Gasteiger charge is 2.41. The molecule has 6 nitrogen and oxygen atoms in total. The molecule has 176 valence electrons. The third-order valence-corrected chi connectivity index (χ3v) is 7.06. The monoisotopic (exact) mass is 483 g/mol. The van der Waals surface area contributed by atoms with Crippen molar-refractivity contribution in [2.45, 2.75) is 25.1 Å². The number of nitrogens with one attached hydrogen (secondary N) is 1. The molecular formula is C28H25N3O3S. The summed E-state index contributed by atoms with van der Waals surface area (Å²) < 4.78 is 5.24. The lowest BCUT2D eigenvalue weighted by Gasteiger charge is -2.19. The van der Waals surface area contributed by atoms with E-state index in [1.807, 2.05) is 67.6 Å². The van der Waals surface area contributed by atoms with E-state index in [-0.39, 0.29) is 18.0 Å². The summed E-state index contributed by atoms with van der Waals surface area (Å²) in [6.07, 6.45) is 0.497. The number of thioether (sulfide) groups is 1. The van der Waals surface area contributed by atoms with Crippen LogP contribution < -0.4 is 15.0 Å².